The zero-order chi connectivity index (χ0) is 20.0. The van der Waals surface area contributed by atoms with Gasteiger partial charge in [0, 0.05) is 33.4 Å². The molecule has 0 atom stereocenters. The number of anilines is 1. The average Bonchev–Trinajstić information content (AvgIpc) is 2.66. The number of aromatic nitrogens is 2. The maximum absolute atomic E-state index is 12.2. The van der Waals surface area contributed by atoms with Crippen molar-refractivity contribution in [3.63, 3.8) is 0 Å². The van der Waals surface area contributed by atoms with Crippen molar-refractivity contribution < 1.29 is 14.3 Å². The van der Waals surface area contributed by atoms with Crippen molar-refractivity contribution >= 4 is 40.9 Å². The zero-order valence-electron chi connectivity index (χ0n) is 15.6. The van der Waals surface area contributed by atoms with E-state index in [1.807, 2.05) is 43.3 Å². The van der Waals surface area contributed by atoms with Gasteiger partial charge in [-0.15, -0.1) is 0 Å². The van der Waals surface area contributed by atoms with Crippen molar-refractivity contribution in [2.75, 3.05) is 38.9 Å². The fourth-order valence-electron chi connectivity index (χ4n) is 2.16. The van der Waals surface area contributed by atoms with Gasteiger partial charge >= 0.3 is 5.97 Å². The van der Waals surface area contributed by atoms with Crippen LogP contribution in [0.1, 0.15) is 16.1 Å². The summed E-state index contributed by atoms with van der Waals surface area (Å²) in [5.41, 5.74) is 2.00. The number of hydrogen-bond donors (Lipinski definition) is 0. The number of thioether (sulfide) groups is 1. The number of esters is 1. The molecule has 0 aliphatic carbocycles. The molecule has 0 unspecified atom stereocenters. The minimum Gasteiger partial charge on any atom is -0.451 e. The van der Waals surface area contributed by atoms with Gasteiger partial charge in [0.15, 0.2) is 17.5 Å². The topological polar surface area (TPSA) is 75.6 Å². The van der Waals surface area contributed by atoms with E-state index in [0.29, 0.717) is 11.7 Å². The lowest BCUT2D eigenvalue weighted by Gasteiger charge is -2.18. The Labute approximate surface area is 167 Å². The van der Waals surface area contributed by atoms with Gasteiger partial charge in [-0.1, -0.05) is 35.5 Å². The van der Waals surface area contributed by atoms with Crippen LogP contribution in [0.4, 0.5) is 5.69 Å². The molecule has 0 aliphatic rings. The quantitative estimate of drug-likeness (QED) is 0.396. The van der Waals surface area contributed by atoms with Gasteiger partial charge in [0.05, 0.1) is 11.2 Å². The Kier molecular flexibility index (Phi) is 7.44. The van der Waals surface area contributed by atoms with E-state index in [-0.39, 0.29) is 23.2 Å². The lowest BCUT2D eigenvalue weighted by Crippen LogP contribution is -2.31. The van der Waals surface area contributed by atoms with E-state index in [4.69, 9.17) is 16.3 Å². The monoisotopic (exact) mass is 408 g/mol. The van der Waals surface area contributed by atoms with Gasteiger partial charge in [0.25, 0.3) is 5.91 Å². The minimum atomic E-state index is -0.755. The average molecular weight is 409 g/mol. The third kappa shape index (κ3) is 5.83. The second-order valence-corrected chi connectivity index (χ2v) is 7.12. The predicted molar refractivity (Wildman–Crippen MR) is 106 cm³/mol. The normalized spacial score (nSPS) is 10.4. The van der Waals surface area contributed by atoms with Crippen LogP contribution in [0.3, 0.4) is 0 Å². The molecule has 0 saturated heterocycles. The Balaban J connectivity index is 1.91. The second-order valence-electron chi connectivity index (χ2n) is 5.94. The molecule has 1 aromatic carbocycles. The van der Waals surface area contributed by atoms with Crippen molar-refractivity contribution in [1.82, 2.24) is 14.9 Å². The summed E-state index contributed by atoms with van der Waals surface area (Å²) in [6.07, 6.45) is 3.12. The van der Waals surface area contributed by atoms with Crippen molar-refractivity contribution in [2.45, 2.75) is 11.7 Å². The van der Waals surface area contributed by atoms with Crippen LogP contribution in [0.5, 0.6) is 0 Å². The molecule has 27 heavy (non-hydrogen) atoms. The Hall–Kier alpha value is -2.32. The van der Waals surface area contributed by atoms with Crippen LogP contribution >= 0.6 is 23.4 Å². The zero-order valence-corrected chi connectivity index (χ0v) is 17.2. The van der Waals surface area contributed by atoms with Crippen molar-refractivity contribution in [3.8, 4) is 0 Å². The maximum Gasteiger partial charge on any atom is 0.359 e. The molecule has 1 aromatic heterocycles. The predicted octanol–water partition coefficient (Wildman–Crippen LogP) is 2.73. The smallest absolute Gasteiger partial charge is 0.359 e. The standard InChI is InChI=1S/C18H21ClN4O3S/c1-22(2)13-7-5-12(6-8-13)10-23(3)15(24)11-26-17(25)16-14(19)9-20-18(21-16)27-4/h5-9H,10-11H2,1-4H3. The first-order valence-corrected chi connectivity index (χ1v) is 9.66. The van der Waals surface area contributed by atoms with Crippen molar-refractivity contribution in [3.05, 3.63) is 46.7 Å². The van der Waals surface area contributed by atoms with Crippen LogP contribution < -0.4 is 4.90 Å². The van der Waals surface area contributed by atoms with E-state index >= 15 is 0 Å². The number of ether oxygens (including phenoxy) is 1. The molecule has 0 N–H and O–H groups in total. The number of likely N-dealkylation sites (N-methyl/N-ethyl adjacent to an activating group) is 1. The second kappa shape index (κ2) is 9.57. The van der Waals surface area contributed by atoms with Gasteiger partial charge in [-0.25, -0.2) is 14.8 Å². The summed E-state index contributed by atoms with van der Waals surface area (Å²) in [6.45, 7) is 0.0228. The number of hydrogen-bond acceptors (Lipinski definition) is 7. The molecule has 0 radical (unpaired) electrons. The number of carbonyl (C=O) groups is 2. The van der Waals surface area contributed by atoms with E-state index in [1.165, 1.54) is 22.9 Å². The lowest BCUT2D eigenvalue weighted by molar-refractivity contribution is -0.133. The molecule has 0 fully saturated rings. The third-order valence-electron chi connectivity index (χ3n) is 3.72. The third-order valence-corrected chi connectivity index (χ3v) is 4.56. The molecule has 7 nitrogen and oxygen atoms in total. The number of nitrogens with zero attached hydrogens (tertiary/aromatic N) is 4. The first-order chi connectivity index (χ1) is 12.8. The highest BCUT2D eigenvalue weighted by molar-refractivity contribution is 7.98. The Morgan fingerprint density at radius 3 is 2.44 bits per heavy atom. The van der Waals surface area contributed by atoms with Crippen molar-refractivity contribution in [2.24, 2.45) is 0 Å². The van der Waals surface area contributed by atoms with E-state index in [2.05, 4.69) is 9.97 Å². The minimum absolute atomic E-state index is 0.0502. The number of carbonyl (C=O) groups excluding carboxylic acids is 2. The summed E-state index contributed by atoms with van der Waals surface area (Å²) in [5.74, 6) is -1.08. The highest BCUT2D eigenvalue weighted by atomic mass is 35.5. The molecular weight excluding hydrogens is 388 g/mol. The Bertz CT molecular complexity index is 815. The highest BCUT2D eigenvalue weighted by Gasteiger charge is 2.18. The molecule has 9 heteroatoms. The summed E-state index contributed by atoms with van der Waals surface area (Å²) in [7, 11) is 5.58. The number of benzene rings is 1. The molecule has 0 bridgehead atoms. The molecule has 144 valence electrons. The van der Waals surface area contributed by atoms with Gasteiger partial charge in [-0.05, 0) is 24.0 Å². The molecule has 0 saturated carbocycles. The number of halogens is 1. The summed E-state index contributed by atoms with van der Waals surface area (Å²) in [4.78, 5) is 35.8. The van der Waals surface area contributed by atoms with Crippen LogP contribution in [-0.2, 0) is 16.1 Å². The molecule has 1 heterocycles. The molecule has 2 aromatic rings. The van der Waals surface area contributed by atoms with Gasteiger partial charge < -0.3 is 14.5 Å². The molecule has 1 amide bonds. The molecule has 0 aliphatic heterocycles. The largest absolute Gasteiger partial charge is 0.451 e. The van der Waals surface area contributed by atoms with Crippen LogP contribution in [0.25, 0.3) is 0 Å². The molecule has 0 spiro atoms. The molecular formula is C18H21ClN4O3S. The van der Waals surface area contributed by atoms with Crippen LogP contribution in [0, 0.1) is 0 Å². The van der Waals surface area contributed by atoms with Crippen LogP contribution in [0.15, 0.2) is 35.6 Å². The van der Waals surface area contributed by atoms with Gasteiger partial charge in [0.2, 0.25) is 0 Å². The fraction of sp³-hybridized carbons (Fsp3) is 0.333. The van der Waals surface area contributed by atoms with E-state index in [0.717, 1.165) is 11.3 Å². The Morgan fingerprint density at radius 2 is 1.85 bits per heavy atom. The Morgan fingerprint density at radius 1 is 1.19 bits per heavy atom. The van der Waals surface area contributed by atoms with Crippen LogP contribution in [-0.4, -0.2) is 60.8 Å². The van der Waals surface area contributed by atoms with Crippen molar-refractivity contribution in [1.29, 1.82) is 0 Å². The SMILES string of the molecule is CSc1ncc(Cl)c(C(=O)OCC(=O)N(C)Cc2ccc(N(C)C)cc2)n1. The van der Waals surface area contributed by atoms with E-state index < -0.39 is 5.97 Å². The molecule has 2 rings (SSSR count). The lowest BCUT2D eigenvalue weighted by atomic mass is 10.2. The summed E-state index contributed by atoms with van der Waals surface area (Å²) in [5, 5.41) is 0.482. The highest BCUT2D eigenvalue weighted by Crippen LogP contribution is 2.17. The van der Waals surface area contributed by atoms with Gasteiger partial charge in [-0.3, -0.25) is 4.79 Å². The van der Waals surface area contributed by atoms with Crippen LogP contribution in [0.2, 0.25) is 5.02 Å². The number of amides is 1. The van der Waals surface area contributed by atoms with Gasteiger partial charge in [0.1, 0.15) is 0 Å². The van der Waals surface area contributed by atoms with E-state index in [9.17, 15) is 9.59 Å². The number of rotatable bonds is 7. The summed E-state index contributed by atoms with van der Waals surface area (Å²) < 4.78 is 5.06. The first-order valence-electron chi connectivity index (χ1n) is 8.05. The summed E-state index contributed by atoms with van der Waals surface area (Å²) >= 11 is 7.21. The van der Waals surface area contributed by atoms with Gasteiger partial charge in [-0.2, -0.15) is 0 Å². The fourth-order valence-corrected chi connectivity index (χ4v) is 2.67. The summed E-state index contributed by atoms with van der Waals surface area (Å²) in [6, 6.07) is 7.87. The first kappa shape index (κ1) is 21.0. The maximum atomic E-state index is 12.2. The van der Waals surface area contributed by atoms with E-state index in [1.54, 1.807) is 13.3 Å².